The lowest BCUT2D eigenvalue weighted by Crippen LogP contribution is -2.50. The van der Waals surface area contributed by atoms with Crippen LogP contribution in [0.15, 0.2) is 12.7 Å². The predicted molar refractivity (Wildman–Crippen MR) is 66.1 cm³/mol. The number of carbonyl (C=O) groups is 2. The first-order valence-corrected chi connectivity index (χ1v) is 6.37. The standard InChI is InChI=1S/C12H18N4O3/c1-9(16-8-13-7-14-16)11(17)15-6-4-3-5-10(15)12(18)19-2/h7-10H,3-6H2,1-2H3. The third-order valence-corrected chi connectivity index (χ3v) is 3.45. The highest BCUT2D eigenvalue weighted by molar-refractivity contribution is 5.86. The van der Waals surface area contributed by atoms with Crippen LogP contribution >= 0.6 is 0 Å². The first-order valence-electron chi connectivity index (χ1n) is 6.37. The molecule has 2 heterocycles. The van der Waals surface area contributed by atoms with E-state index < -0.39 is 12.1 Å². The smallest absolute Gasteiger partial charge is 0.328 e. The van der Waals surface area contributed by atoms with Crippen molar-refractivity contribution in [3.8, 4) is 0 Å². The molecular formula is C12H18N4O3. The number of piperidine rings is 1. The molecule has 0 radical (unpaired) electrons. The molecule has 1 aliphatic rings. The van der Waals surface area contributed by atoms with Crippen molar-refractivity contribution in [2.45, 2.75) is 38.3 Å². The van der Waals surface area contributed by atoms with Crippen LogP contribution in [0.25, 0.3) is 0 Å². The van der Waals surface area contributed by atoms with Gasteiger partial charge in [0, 0.05) is 6.54 Å². The van der Waals surface area contributed by atoms with E-state index in [1.54, 1.807) is 11.8 Å². The maximum Gasteiger partial charge on any atom is 0.328 e. The molecule has 0 saturated carbocycles. The van der Waals surface area contributed by atoms with Crippen molar-refractivity contribution >= 4 is 11.9 Å². The zero-order valence-corrected chi connectivity index (χ0v) is 11.2. The van der Waals surface area contributed by atoms with Gasteiger partial charge in [-0.25, -0.2) is 14.5 Å². The lowest BCUT2D eigenvalue weighted by Gasteiger charge is -2.35. The fraction of sp³-hybridized carbons (Fsp3) is 0.667. The molecule has 2 rings (SSSR count). The van der Waals surface area contributed by atoms with Gasteiger partial charge in [0.15, 0.2) is 0 Å². The Kier molecular flexibility index (Phi) is 4.13. The number of esters is 1. The first kappa shape index (κ1) is 13.5. The summed E-state index contributed by atoms with van der Waals surface area (Å²) in [5.74, 6) is -0.473. The number of methoxy groups -OCH3 is 1. The zero-order valence-electron chi connectivity index (χ0n) is 11.2. The highest BCUT2D eigenvalue weighted by Gasteiger charge is 2.35. The molecule has 19 heavy (non-hydrogen) atoms. The largest absolute Gasteiger partial charge is 0.467 e. The molecule has 1 aliphatic heterocycles. The van der Waals surface area contributed by atoms with Gasteiger partial charge in [0.2, 0.25) is 5.91 Å². The molecule has 0 N–H and O–H groups in total. The van der Waals surface area contributed by atoms with Crippen LogP contribution in [0.5, 0.6) is 0 Å². The average Bonchev–Trinajstić information content (AvgIpc) is 2.99. The van der Waals surface area contributed by atoms with Crippen LogP contribution < -0.4 is 0 Å². The topological polar surface area (TPSA) is 77.3 Å². The Morgan fingerprint density at radius 3 is 2.84 bits per heavy atom. The molecule has 2 atom stereocenters. The summed E-state index contributed by atoms with van der Waals surface area (Å²) in [6, 6.07) is -0.940. The fourth-order valence-electron chi connectivity index (χ4n) is 2.35. The van der Waals surface area contributed by atoms with Crippen LogP contribution in [-0.4, -0.2) is 51.2 Å². The van der Waals surface area contributed by atoms with E-state index in [2.05, 4.69) is 10.1 Å². The third kappa shape index (κ3) is 2.74. The summed E-state index contributed by atoms with van der Waals surface area (Å²) in [5, 5.41) is 3.96. The van der Waals surface area contributed by atoms with Gasteiger partial charge < -0.3 is 9.64 Å². The molecule has 1 aromatic heterocycles. The Bertz CT molecular complexity index is 446. The molecule has 1 aromatic rings. The Balaban J connectivity index is 2.13. The van der Waals surface area contributed by atoms with Gasteiger partial charge in [-0.2, -0.15) is 5.10 Å². The van der Waals surface area contributed by atoms with Gasteiger partial charge >= 0.3 is 5.97 Å². The second-order valence-corrected chi connectivity index (χ2v) is 4.62. The maximum absolute atomic E-state index is 12.5. The molecule has 1 amide bonds. The van der Waals surface area contributed by atoms with E-state index >= 15 is 0 Å². The van der Waals surface area contributed by atoms with Gasteiger partial charge in [-0.15, -0.1) is 0 Å². The molecule has 0 aromatic carbocycles. The minimum atomic E-state index is -0.475. The summed E-state index contributed by atoms with van der Waals surface area (Å²) in [6.45, 7) is 2.33. The minimum Gasteiger partial charge on any atom is -0.467 e. The summed E-state index contributed by atoms with van der Waals surface area (Å²) < 4.78 is 6.26. The number of rotatable bonds is 3. The van der Waals surface area contributed by atoms with E-state index in [4.69, 9.17) is 4.74 Å². The predicted octanol–water partition coefficient (Wildman–Crippen LogP) is 0.393. The van der Waals surface area contributed by atoms with Gasteiger partial charge in [0.05, 0.1) is 7.11 Å². The number of amides is 1. The molecule has 1 saturated heterocycles. The van der Waals surface area contributed by atoms with Gasteiger partial charge in [-0.3, -0.25) is 4.79 Å². The van der Waals surface area contributed by atoms with Crippen molar-refractivity contribution in [3.05, 3.63) is 12.7 Å². The van der Waals surface area contributed by atoms with Crippen LogP contribution in [0.3, 0.4) is 0 Å². The number of hydrogen-bond donors (Lipinski definition) is 0. The molecule has 7 nitrogen and oxygen atoms in total. The monoisotopic (exact) mass is 266 g/mol. The number of aromatic nitrogens is 3. The van der Waals surface area contributed by atoms with Crippen molar-refractivity contribution in [1.29, 1.82) is 0 Å². The zero-order chi connectivity index (χ0) is 13.8. The number of hydrogen-bond acceptors (Lipinski definition) is 5. The summed E-state index contributed by atoms with van der Waals surface area (Å²) in [7, 11) is 1.35. The lowest BCUT2D eigenvalue weighted by atomic mass is 10.0. The van der Waals surface area contributed by atoms with Crippen LogP contribution in [0.2, 0.25) is 0 Å². The normalized spacial score (nSPS) is 20.9. The van der Waals surface area contributed by atoms with Crippen LogP contribution in [-0.2, 0) is 14.3 Å². The van der Waals surface area contributed by atoms with Gasteiger partial charge in [-0.1, -0.05) is 0 Å². The Hall–Kier alpha value is -1.92. The number of carbonyl (C=O) groups excluding carboxylic acids is 2. The van der Waals surface area contributed by atoms with Crippen LogP contribution in [0.4, 0.5) is 0 Å². The molecule has 0 aliphatic carbocycles. The van der Waals surface area contributed by atoms with Gasteiger partial charge in [-0.05, 0) is 26.2 Å². The lowest BCUT2D eigenvalue weighted by molar-refractivity contribution is -0.155. The highest BCUT2D eigenvalue weighted by Crippen LogP contribution is 2.21. The van der Waals surface area contributed by atoms with E-state index in [9.17, 15) is 9.59 Å². The number of nitrogens with zero attached hydrogens (tertiary/aromatic N) is 4. The van der Waals surface area contributed by atoms with Crippen molar-refractivity contribution in [3.63, 3.8) is 0 Å². The molecule has 0 spiro atoms. The van der Waals surface area contributed by atoms with E-state index in [1.165, 1.54) is 24.4 Å². The first-order chi connectivity index (χ1) is 9.15. The van der Waals surface area contributed by atoms with Crippen molar-refractivity contribution < 1.29 is 14.3 Å². The number of ether oxygens (including phenoxy) is 1. The highest BCUT2D eigenvalue weighted by atomic mass is 16.5. The number of likely N-dealkylation sites (tertiary alicyclic amines) is 1. The SMILES string of the molecule is COC(=O)C1CCCCN1C(=O)C(C)n1cncn1. The van der Waals surface area contributed by atoms with E-state index in [1.807, 2.05) is 0 Å². The second kappa shape index (κ2) is 5.81. The van der Waals surface area contributed by atoms with Crippen LogP contribution in [0.1, 0.15) is 32.2 Å². The van der Waals surface area contributed by atoms with Crippen molar-refractivity contribution in [2.75, 3.05) is 13.7 Å². The molecular weight excluding hydrogens is 248 g/mol. The molecule has 2 unspecified atom stereocenters. The Labute approximate surface area is 111 Å². The van der Waals surface area contributed by atoms with Crippen molar-refractivity contribution in [2.24, 2.45) is 0 Å². The Morgan fingerprint density at radius 2 is 2.21 bits per heavy atom. The van der Waals surface area contributed by atoms with Crippen LogP contribution in [0, 0.1) is 0 Å². The third-order valence-electron chi connectivity index (χ3n) is 3.45. The quantitative estimate of drug-likeness (QED) is 0.740. The molecule has 0 bridgehead atoms. The summed E-state index contributed by atoms with van der Waals surface area (Å²) in [5.41, 5.74) is 0. The Morgan fingerprint density at radius 1 is 1.42 bits per heavy atom. The fourth-order valence-corrected chi connectivity index (χ4v) is 2.35. The van der Waals surface area contributed by atoms with Gasteiger partial charge in [0.1, 0.15) is 24.7 Å². The van der Waals surface area contributed by atoms with Crippen molar-refractivity contribution in [1.82, 2.24) is 19.7 Å². The van der Waals surface area contributed by atoms with E-state index in [-0.39, 0.29) is 11.9 Å². The molecule has 7 heteroatoms. The second-order valence-electron chi connectivity index (χ2n) is 4.62. The molecule has 1 fully saturated rings. The average molecular weight is 266 g/mol. The minimum absolute atomic E-state index is 0.124. The maximum atomic E-state index is 12.5. The van der Waals surface area contributed by atoms with E-state index in [0.717, 1.165) is 12.8 Å². The summed E-state index contributed by atoms with van der Waals surface area (Å²) >= 11 is 0. The van der Waals surface area contributed by atoms with Gasteiger partial charge in [0.25, 0.3) is 0 Å². The summed E-state index contributed by atoms with van der Waals surface area (Å²) in [4.78, 5) is 29.6. The molecule has 104 valence electrons. The van der Waals surface area contributed by atoms with E-state index in [0.29, 0.717) is 13.0 Å². The summed E-state index contributed by atoms with van der Waals surface area (Å²) in [6.07, 6.45) is 5.38.